The first kappa shape index (κ1) is 19.0. The van der Waals surface area contributed by atoms with Gasteiger partial charge in [0.05, 0.1) is 18.8 Å². The Balaban J connectivity index is 2.32. The van der Waals surface area contributed by atoms with E-state index in [4.69, 9.17) is 9.47 Å². The van der Waals surface area contributed by atoms with Crippen molar-refractivity contribution in [2.24, 2.45) is 0 Å². The average Bonchev–Trinajstić information content (AvgIpc) is 2.32. The number of carbonyl (C=O) groups is 1. The number of piperidine rings is 1. The molecular weight excluding hydrogens is 303 g/mol. The summed E-state index contributed by atoms with van der Waals surface area (Å²) < 4.78 is 50.0. The Hall–Kier alpha value is -1.02. The van der Waals surface area contributed by atoms with Crippen molar-refractivity contribution in [3.8, 4) is 0 Å². The molecule has 130 valence electrons. The van der Waals surface area contributed by atoms with Crippen molar-refractivity contribution in [1.82, 2.24) is 4.90 Å². The third-order valence-corrected chi connectivity index (χ3v) is 3.27. The highest BCUT2D eigenvalue weighted by Crippen LogP contribution is 2.27. The molecule has 0 bridgehead atoms. The van der Waals surface area contributed by atoms with E-state index in [0.717, 1.165) is 0 Å². The van der Waals surface area contributed by atoms with Gasteiger partial charge in [-0.25, -0.2) is 4.79 Å². The molecule has 22 heavy (non-hydrogen) atoms. The van der Waals surface area contributed by atoms with Crippen molar-refractivity contribution < 1.29 is 32.2 Å². The van der Waals surface area contributed by atoms with Gasteiger partial charge in [0.2, 0.25) is 0 Å². The first-order valence-corrected chi connectivity index (χ1v) is 7.23. The zero-order valence-electron chi connectivity index (χ0n) is 13.5. The van der Waals surface area contributed by atoms with Gasteiger partial charge >= 0.3 is 12.5 Å². The largest absolute Gasteiger partial charge is 0.522 e. The quantitative estimate of drug-likeness (QED) is 0.743. The van der Waals surface area contributed by atoms with Gasteiger partial charge in [-0.15, -0.1) is 13.2 Å². The minimum Gasteiger partial charge on any atom is -0.444 e. The van der Waals surface area contributed by atoms with E-state index in [1.54, 1.807) is 25.7 Å². The molecule has 0 radical (unpaired) electrons. The van der Waals surface area contributed by atoms with E-state index in [1.807, 2.05) is 6.92 Å². The van der Waals surface area contributed by atoms with Crippen LogP contribution >= 0.6 is 0 Å². The van der Waals surface area contributed by atoms with Crippen molar-refractivity contribution in [2.75, 3.05) is 26.3 Å². The van der Waals surface area contributed by atoms with Crippen LogP contribution in [0.5, 0.6) is 0 Å². The molecule has 8 heteroatoms. The Labute approximate surface area is 128 Å². The van der Waals surface area contributed by atoms with E-state index in [0.29, 0.717) is 25.9 Å². The fourth-order valence-corrected chi connectivity index (χ4v) is 2.08. The molecule has 1 saturated heterocycles. The van der Waals surface area contributed by atoms with Crippen molar-refractivity contribution in [1.29, 1.82) is 0 Å². The summed E-state index contributed by atoms with van der Waals surface area (Å²) in [5, 5.41) is 0. The zero-order chi connectivity index (χ0) is 17.0. The lowest BCUT2D eigenvalue weighted by Crippen LogP contribution is -2.48. The van der Waals surface area contributed by atoms with Gasteiger partial charge in [0.1, 0.15) is 5.60 Å². The van der Waals surface area contributed by atoms with Crippen LogP contribution in [-0.2, 0) is 14.2 Å². The van der Waals surface area contributed by atoms with Crippen LogP contribution < -0.4 is 0 Å². The molecule has 0 aromatic carbocycles. The molecule has 0 aromatic rings. The fraction of sp³-hybridized carbons (Fsp3) is 0.929. The number of hydrogen-bond acceptors (Lipinski definition) is 4. The Morgan fingerprint density at radius 3 is 2.14 bits per heavy atom. The van der Waals surface area contributed by atoms with Gasteiger partial charge in [0.25, 0.3) is 0 Å². The fourth-order valence-electron chi connectivity index (χ4n) is 2.08. The second kappa shape index (κ2) is 7.04. The molecule has 1 amide bonds. The SMILES string of the molecule is CC(C)(C)OC(=O)N1CCC(C)(OCCOC(F)(F)F)CC1. The number of alkyl halides is 3. The third kappa shape index (κ3) is 7.31. The molecule has 0 aliphatic carbocycles. The molecule has 0 saturated carbocycles. The van der Waals surface area contributed by atoms with E-state index in [9.17, 15) is 18.0 Å². The van der Waals surface area contributed by atoms with Gasteiger partial charge in [0, 0.05) is 13.1 Å². The van der Waals surface area contributed by atoms with Crippen LogP contribution in [0.2, 0.25) is 0 Å². The molecule has 0 unspecified atom stereocenters. The van der Waals surface area contributed by atoms with Crippen LogP contribution in [0.4, 0.5) is 18.0 Å². The maximum atomic E-state index is 11.9. The van der Waals surface area contributed by atoms with E-state index in [-0.39, 0.29) is 12.7 Å². The van der Waals surface area contributed by atoms with Crippen LogP contribution in [0.15, 0.2) is 0 Å². The molecule has 0 spiro atoms. The molecule has 1 aliphatic heterocycles. The maximum absolute atomic E-state index is 11.9. The first-order chi connectivity index (χ1) is 9.90. The Morgan fingerprint density at radius 2 is 1.68 bits per heavy atom. The lowest BCUT2D eigenvalue weighted by atomic mass is 9.93. The highest BCUT2D eigenvalue weighted by molar-refractivity contribution is 5.68. The second-order valence-corrected chi connectivity index (χ2v) is 6.56. The summed E-state index contributed by atoms with van der Waals surface area (Å²) in [6, 6.07) is 0. The minimum atomic E-state index is -4.63. The molecule has 1 heterocycles. The summed E-state index contributed by atoms with van der Waals surface area (Å²) in [6.07, 6.45) is -3.93. The van der Waals surface area contributed by atoms with Crippen LogP contribution in [-0.4, -0.2) is 54.9 Å². The molecule has 1 aliphatic rings. The lowest BCUT2D eigenvalue weighted by Gasteiger charge is -2.39. The second-order valence-electron chi connectivity index (χ2n) is 6.56. The normalized spacial score (nSPS) is 19.1. The zero-order valence-corrected chi connectivity index (χ0v) is 13.5. The molecule has 1 rings (SSSR count). The third-order valence-electron chi connectivity index (χ3n) is 3.27. The Kier molecular flexibility index (Phi) is 6.09. The number of carbonyl (C=O) groups excluding carboxylic acids is 1. The van der Waals surface area contributed by atoms with E-state index < -0.39 is 24.2 Å². The van der Waals surface area contributed by atoms with Gasteiger partial charge in [-0.05, 0) is 40.5 Å². The Morgan fingerprint density at radius 1 is 1.14 bits per heavy atom. The average molecular weight is 327 g/mol. The standard InChI is InChI=1S/C14H24F3NO4/c1-12(2,3)22-11(19)18-7-5-13(4,6-8-18)20-9-10-21-14(15,16)17/h5-10H2,1-4H3. The van der Waals surface area contributed by atoms with Gasteiger partial charge in [-0.2, -0.15) is 0 Å². The number of ether oxygens (including phenoxy) is 3. The summed E-state index contributed by atoms with van der Waals surface area (Å²) in [6.45, 7) is 7.44. The van der Waals surface area contributed by atoms with Crippen molar-refractivity contribution in [3.63, 3.8) is 0 Å². The molecule has 0 aromatic heterocycles. The van der Waals surface area contributed by atoms with Crippen molar-refractivity contribution in [3.05, 3.63) is 0 Å². The number of hydrogen-bond donors (Lipinski definition) is 0. The summed E-state index contributed by atoms with van der Waals surface area (Å²) in [5.41, 5.74) is -1.10. The van der Waals surface area contributed by atoms with Gasteiger partial charge in [-0.1, -0.05) is 0 Å². The number of halogens is 3. The van der Waals surface area contributed by atoms with Crippen LogP contribution in [0.3, 0.4) is 0 Å². The lowest BCUT2D eigenvalue weighted by molar-refractivity contribution is -0.328. The number of amides is 1. The first-order valence-electron chi connectivity index (χ1n) is 7.23. The molecule has 1 fully saturated rings. The van der Waals surface area contributed by atoms with E-state index >= 15 is 0 Å². The van der Waals surface area contributed by atoms with Crippen LogP contribution in [0.1, 0.15) is 40.5 Å². The molecular formula is C14H24F3NO4. The number of nitrogens with zero attached hydrogens (tertiary/aromatic N) is 1. The van der Waals surface area contributed by atoms with Gasteiger partial charge in [-0.3, -0.25) is 4.74 Å². The van der Waals surface area contributed by atoms with Crippen molar-refractivity contribution in [2.45, 2.75) is 58.1 Å². The predicted molar refractivity (Wildman–Crippen MR) is 73.4 cm³/mol. The van der Waals surface area contributed by atoms with Crippen molar-refractivity contribution >= 4 is 6.09 Å². The summed E-state index contributed by atoms with van der Waals surface area (Å²) >= 11 is 0. The summed E-state index contributed by atoms with van der Waals surface area (Å²) in [7, 11) is 0. The predicted octanol–water partition coefficient (Wildman–Crippen LogP) is 3.33. The smallest absolute Gasteiger partial charge is 0.444 e. The van der Waals surface area contributed by atoms with E-state index in [2.05, 4.69) is 4.74 Å². The van der Waals surface area contributed by atoms with E-state index in [1.165, 1.54) is 0 Å². The topological polar surface area (TPSA) is 48.0 Å². The van der Waals surface area contributed by atoms with Gasteiger partial charge < -0.3 is 14.4 Å². The number of likely N-dealkylation sites (tertiary alicyclic amines) is 1. The molecule has 0 atom stereocenters. The summed E-state index contributed by atoms with van der Waals surface area (Å²) in [5.74, 6) is 0. The number of rotatable bonds is 4. The summed E-state index contributed by atoms with van der Waals surface area (Å²) in [4.78, 5) is 13.5. The molecule has 5 nitrogen and oxygen atoms in total. The van der Waals surface area contributed by atoms with Gasteiger partial charge in [0.15, 0.2) is 0 Å². The highest BCUT2D eigenvalue weighted by atomic mass is 19.4. The van der Waals surface area contributed by atoms with Crippen LogP contribution in [0.25, 0.3) is 0 Å². The monoisotopic (exact) mass is 327 g/mol. The Bertz CT molecular complexity index is 371. The molecule has 0 N–H and O–H groups in total. The maximum Gasteiger partial charge on any atom is 0.522 e. The minimum absolute atomic E-state index is 0.136. The highest BCUT2D eigenvalue weighted by Gasteiger charge is 2.35. The van der Waals surface area contributed by atoms with Crippen LogP contribution in [0, 0.1) is 0 Å².